The molecule has 1 aromatic carbocycles. The first kappa shape index (κ1) is 16.4. The highest BCUT2D eigenvalue weighted by atomic mass is 19.1. The van der Waals surface area contributed by atoms with Crippen LogP contribution in [0.25, 0.3) is 0 Å². The molecule has 0 unspecified atom stereocenters. The molecule has 2 nitrogen and oxygen atoms in total. The summed E-state index contributed by atoms with van der Waals surface area (Å²) in [6, 6.07) is 3.84. The molecular weight excluding hydrogens is 258 g/mol. The largest absolute Gasteiger partial charge is 0.380 e. The number of anilines is 1. The van der Waals surface area contributed by atoms with Gasteiger partial charge in [-0.3, -0.25) is 0 Å². The summed E-state index contributed by atoms with van der Waals surface area (Å²) in [5.41, 5.74) is -0.178. The van der Waals surface area contributed by atoms with Crippen LogP contribution in [0.5, 0.6) is 0 Å². The molecule has 0 aliphatic heterocycles. The van der Waals surface area contributed by atoms with Gasteiger partial charge < -0.3 is 5.32 Å². The molecule has 0 aromatic heterocycles. The van der Waals surface area contributed by atoms with E-state index in [2.05, 4.69) is 26.1 Å². The predicted molar refractivity (Wildman–Crippen MR) is 77.5 cm³/mol. The van der Waals surface area contributed by atoms with Crippen molar-refractivity contribution in [3.8, 4) is 6.07 Å². The number of nitrogens with zero attached hydrogens (tertiary/aromatic N) is 1. The van der Waals surface area contributed by atoms with Gasteiger partial charge in [-0.15, -0.1) is 0 Å². The predicted octanol–water partition coefficient (Wildman–Crippen LogP) is 4.85. The number of nitriles is 1. The minimum Gasteiger partial charge on any atom is -0.380 e. The van der Waals surface area contributed by atoms with Gasteiger partial charge in [-0.05, 0) is 24.0 Å². The maximum atomic E-state index is 13.7. The second-order valence-corrected chi connectivity index (χ2v) is 5.90. The van der Waals surface area contributed by atoms with Gasteiger partial charge in [0.25, 0.3) is 0 Å². The monoisotopic (exact) mass is 280 g/mol. The Bertz CT molecular complexity index is 467. The van der Waals surface area contributed by atoms with E-state index in [1.807, 2.05) is 0 Å². The van der Waals surface area contributed by atoms with Crippen molar-refractivity contribution in [1.82, 2.24) is 0 Å². The fraction of sp³-hybridized carbons (Fsp3) is 0.562. The molecular formula is C16H22F2N2. The molecule has 0 spiro atoms. The lowest BCUT2D eigenvalue weighted by Gasteiger charge is -2.25. The van der Waals surface area contributed by atoms with Crippen LogP contribution in [-0.2, 0) is 0 Å². The summed E-state index contributed by atoms with van der Waals surface area (Å²) in [6.07, 6.45) is 4.45. The standard InChI is InChI=1S/C16H22F2N2/c1-4-5-6-7-16(2,3)11-20-15-13(17)8-12(10-19)9-14(15)18/h8-9,20H,4-7,11H2,1-3H3. The van der Waals surface area contributed by atoms with Gasteiger partial charge in [0.2, 0.25) is 0 Å². The Morgan fingerprint density at radius 1 is 1.20 bits per heavy atom. The summed E-state index contributed by atoms with van der Waals surface area (Å²) < 4.78 is 27.5. The Balaban J connectivity index is 2.68. The van der Waals surface area contributed by atoms with Crippen LogP contribution < -0.4 is 5.32 Å². The van der Waals surface area contributed by atoms with E-state index >= 15 is 0 Å². The number of halogens is 2. The molecule has 1 N–H and O–H groups in total. The van der Waals surface area contributed by atoms with E-state index in [-0.39, 0.29) is 16.7 Å². The smallest absolute Gasteiger partial charge is 0.150 e. The van der Waals surface area contributed by atoms with E-state index in [9.17, 15) is 8.78 Å². The minimum atomic E-state index is -0.717. The second-order valence-electron chi connectivity index (χ2n) is 5.90. The van der Waals surface area contributed by atoms with Crippen molar-refractivity contribution in [2.45, 2.75) is 46.5 Å². The number of hydrogen-bond donors (Lipinski definition) is 1. The van der Waals surface area contributed by atoms with Crippen molar-refractivity contribution in [2.24, 2.45) is 5.41 Å². The van der Waals surface area contributed by atoms with Gasteiger partial charge in [0.05, 0.1) is 11.6 Å². The molecule has 0 saturated carbocycles. The number of benzene rings is 1. The van der Waals surface area contributed by atoms with Crippen LogP contribution in [0, 0.1) is 28.4 Å². The van der Waals surface area contributed by atoms with Crippen molar-refractivity contribution >= 4 is 5.69 Å². The first-order valence-corrected chi connectivity index (χ1v) is 7.02. The van der Waals surface area contributed by atoms with E-state index in [0.717, 1.165) is 31.4 Å². The molecule has 0 aliphatic rings. The number of rotatable bonds is 7. The number of nitrogens with one attached hydrogen (secondary N) is 1. The average molecular weight is 280 g/mol. The first-order chi connectivity index (χ1) is 9.39. The van der Waals surface area contributed by atoms with Crippen LogP contribution in [0.4, 0.5) is 14.5 Å². The zero-order chi connectivity index (χ0) is 15.2. The molecule has 4 heteroatoms. The van der Waals surface area contributed by atoms with Crippen molar-refractivity contribution < 1.29 is 8.78 Å². The highest BCUT2D eigenvalue weighted by molar-refractivity contribution is 5.50. The van der Waals surface area contributed by atoms with Crippen LogP contribution in [0.15, 0.2) is 12.1 Å². The summed E-state index contributed by atoms with van der Waals surface area (Å²) in [4.78, 5) is 0. The zero-order valence-corrected chi connectivity index (χ0v) is 12.4. The van der Waals surface area contributed by atoms with Crippen molar-refractivity contribution in [3.05, 3.63) is 29.3 Å². The Morgan fingerprint density at radius 3 is 2.30 bits per heavy atom. The Labute approximate surface area is 119 Å². The minimum absolute atomic E-state index is 0.00671. The highest BCUT2D eigenvalue weighted by Crippen LogP contribution is 2.27. The molecule has 0 radical (unpaired) electrons. The molecule has 0 aliphatic carbocycles. The van der Waals surface area contributed by atoms with Gasteiger partial charge in [0, 0.05) is 6.54 Å². The maximum Gasteiger partial charge on any atom is 0.150 e. The third kappa shape index (κ3) is 4.80. The molecule has 0 amide bonds. The second kappa shape index (κ2) is 7.23. The Hall–Kier alpha value is -1.63. The number of hydrogen-bond acceptors (Lipinski definition) is 2. The fourth-order valence-electron chi connectivity index (χ4n) is 2.08. The van der Waals surface area contributed by atoms with Crippen LogP contribution in [0.3, 0.4) is 0 Å². The topological polar surface area (TPSA) is 35.8 Å². The number of unbranched alkanes of at least 4 members (excludes halogenated alkanes) is 2. The molecule has 1 aromatic rings. The zero-order valence-electron chi connectivity index (χ0n) is 12.4. The molecule has 0 fully saturated rings. The summed E-state index contributed by atoms with van der Waals surface area (Å²) in [5, 5.41) is 11.5. The molecule has 0 saturated heterocycles. The molecule has 0 atom stereocenters. The van der Waals surface area contributed by atoms with Gasteiger partial charge in [-0.25, -0.2) is 8.78 Å². The third-order valence-electron chi connectivity index (χ3n) is 3.37. The first-order valence-electron chi connectivity index (χ1n) is 7.02. The Morgan fingerprint density at radius 2 is 1.80 bits per heavy atom. The lowest BCUT2D eigenvalue weighted by molar-refractivity contribution is 0.341. The van der Waals surface area contributed by atoms with Crippen LogP contribution >= 0.6 is 0 Å². The van der Waals surface area contributed by atoms with Gasteiger partial charge in [0.15, 0.2) is 11.6 Å². The molecule has 110 valence electrons. The van der Waals surface area contributed by atoms with E-state index in [4.69, 9.17) is 5.26 Å². The molecule has 1 rings (SSSR count). The highest BCUT2D eigenvalue weighted by Gasteiger charge is 2.19. The van der Waals surface area contributed by atoms with Crippen molar-refractivity contribution in [1.29, 1.82) is 5.26 Å². The summed E-state index contributed by atoms with van der Waals surface area (Å²) >= 11 is 0. The van der Waals surface area contributed by atoms with Crippen LogP contribution in [0.1, 0.15) is 52.0 Å². The van der Waals surface area contributed by atoms with E-state index in [0.29, 0.717) is 6.54 Å². The molecule has 0 heterocycles. The lowest BCUT2D eigenvalue weighted by atomic mass is 9.87. The van der Waals surface area contributed by atoms with Crippen LogP contribution in [0.2, 0.25) is 0 Å². The van der Waals surface area contributed by atoms with Crippen molar-refractivity contribution in [3.63, 3.8) is 0 Å². The quantitative estimate of drug-likeness (QED) is 0.724. The van der Waals surface area contributed by atoms with Gasteiger partial charge in [-0.2, -0.15) is 5.26 Å². The normalized spacial score (nSPS) is 11.2. The average Bonchev–Trinajstić information content (AvgIpc) is 2.37. The summed E-state index contributed by atoms with van der Waals surface area (Å²) in [6.45, 7) is 6.80. The van der Waals surface area contributed by atoms with E-state index in [1.54, 1.807) is 6.07 Å². The van der Waals surface area contributed by atoms with E-state index in [1.165, 1.54) is 6.42 Å². The maximum absolute atomic E-state index is 13.7. The fourth-order valence-corrected chi connectivity index (χ4v) is 2.08. The molecule has 0 bridgehead atoms. The van der Waals surface area contributed by atoms with Crippen molar-refractivity contribution in [2.75, 3.05) is 11.9 Å². The van der Waals surface area contributed by atoms with Gasteiger partial charge in [0.1, 0.15) is 5.69 Å². The van der Waals surface area contributed by atoms with Gasteiger partial charge >= 0.3 is 0 Å². The lowest BCUT2D eigenvalue weighted by Crippen LogP contribution is -2.24. The van der Waals surface area contributed by atoms with Gasteiger partial charge in [-0.1, -0.05) is 40.0 Å². The summed E-state index contributed by atoms with van der Waals surface area (Å²) in [7, 11) is 0. The Kier molecular flexibility index (Phi) is 5.94. The van der Waals surface area contributed by atoms with E-state index < -0.39 is 11.6 Å². The third-order valence-corrected chi connectivity index (χ3v) is 3.37. The van der Waals surface area contributed by atoms with Crippen LogP contribution in [-0.4, -0.2) is 6.54 Å². The SMILES string of the molecule is CCCCCC(C)(C)CNc1c(F)cc(C#N)cc1F. The molecule has 20 heavy (non-hydrogen) atoms. The summed E-state index contributed by atoms with van der Waals surface area (Å²) in [5.74, 6) is -1.43.